The first kappa shape index (κ1) is 21.4. The number of thiocyanates is 1. The van der Waals surface area contributed by atoms with E-state index in [0.29, 0.717) is 35.1 Å². The molecule has 0 radical (unpaired) electrons. The van der Waals surface area contributed by atoms with Crippen molar-refractivity contribution < 1.29 is 8.78 Å². The van der Waals surface area contributed by atoms with Crippen LogP contribution in [0, 0.1) is 10.7 Å². The van der Waals surface area contributed by atoms with E-state index in [0.717, 1.165) is 11.1 Å². The molecule has 0 amide bonds. The summed E-state index contributed by atoms with van der Waals surface area (Å²) in [6.07, 6.45) is -0.207. The summed E-state index contributed by atoms with van der Waals surface area (Å²) in [5.74, 6) is -1.23. The fraction of sp³-hybridized carbons (Fsp3) is 0.476. The monoisotopic (exact) mass is 443 g/mol. The standard InChI is InChI=1S/C21H23F2N7S/c1-20(2,3)19-25-17-16(18(26-19)29-9-8-21(22,23)12-29)27-30(28-17)10-14-6-4-5-7-15(14)11-31-13-24/h4-7H,8-12H2,1-3H3. The van der Waals surface area contributed by atoms with Crippen LogP contribution < -0.4 is 4.90 Å². The fourth-order valence-corrected chi connectivity index (χ4v) is 4.00. The largest absolute Gasteiger partial charge is 0.348 e. The second kappa shape index (κ2) is 8.04. The molecule has 3 aromatic rings. The van der Waals surface area contributed by atoms with Crippen molar-refractivity contribution in [3.63, 3.8) is 0 Å². The molecule has 7 nitrogen and oxygen atoms in total. The lowest BCUT2D eigenvalue weighted by Crippen LogP contribution is -2.27. The van der Waals surface area contributed by atoms with Crippen LogP contribution in [-0.2, 0) is 17.7 Å². The Morgan fingerprint density at radius 3 is 2.55 bits per heavy atom. The molecule has 162 valence electrons. The minimum atomic E-state index is -2.74. The maximum absolute atomic E-state index is 13.9. The Labute approximate surface area is 183 Å². The lowest BCUT2D eigenvalue weighted by molar-refractivity contribution is 0.0257. The van der Waals surface area contributed by atoms with E-state index in [9.17, 15) is 8.78 Å². The topological polar surface area (TPSA) is 83.5 Å². The predicted molar refractivity (Wildman–Crippen MR) is 116 cm³/mol. The molecule has 0 aliphatic carbocycles. The molecule has 3 heterocycles. The molecule has 4 rings (SSSR count). The van der Waals surface area contributed by atoms with Crippen LogP contribution in [0.2, 0.25) is 0 Å². The van der Waals surface area contributed by atoms with Crippen LogP contribution in [-0.4, -0.2) is 44.0 Å². The van der Waals surface area contributed by atoms with Crippen LogP contribution >= 0.6 is 11.8 Å². The molecule has 1 aliphatic heterocycles. The van der Waals surface area contributed by atoms with Crippen LogP contribution in [0.5, 0.6) is 0 Å². The van der Waals surface area contributed by atoms with Gasteiger partial charge in [-0.2, -0.15) is 10.1 Å². The van der Waals surface area contributed by atoms with Crippen molar-refractivity contribution >= 4 is 28.7 Å². The Morgan fingerprint density at radius 1 is 1.16 bits per heavy atom. The van der Waals surface area contributed by atoms with Crippen LogP contribution in [0.4, 0.5) is 14.6 Å². The SMILES string of the molecule is CC(C)(C)c1nc(N2CCC(F)(F)C2)c2nn(Cc3ccccc3CSC#N)nc2n1. The van der Waals surface area contributed by atoms with E-state index in [1.165, 1.54) is 16.6 Å². The van der Waals surface area contributed by atoms with Gasteiger partial charge in [-0.15, -0.1) is 10.2 Å². The van der Waals surface area contributed by atoms with Crippen LogP contribution in [0.3, 0.4) is 0 Å². The lowest BCUT2D eigenvalue weighted by atomic mass is 9.96. The molecule has 1 saturated heterocycles. The van der Waals surface area contributed by atoms with E-state index >= 15 is 0 Å². The summed E-state index contributed by atoms with van der Waals surface area (Å²) in [5.41, 5.74) is 2.47. The normalized spacial score (nSPS) is 16.1. The molecular formula is C21H23F2N7S. The van der Waals surface area contributed by atoms with Gasteiger partial charge >= 0.3 is 0 Å². The number of benzene rings is 1. The molecule has 10 heteroatoms. The number of hydrogen-bond acceptors (Lipinski definition) is 7. The average Bonchev–Trinajstić information content (AvgIpc) is 3.28. The van der Waals surface area contributed by atoms with Crippen LogP contribution in [0.25, 0.3) is 11.2 Å². The number of halogens is 2. The molecule has 0 spiro atoms. The van der Waals surface area contributed by atoms with Crippen molar-refractivity contribution in [1.29, 1.82) is 5.26 Å². The Balaban J connectivity index is 1.75. The first-order chi connectivity index (χ1) is 14.7. The maximum Gasteiger partial charge on any atom is 0.266 e. The van der Waals surface area contributed by atoms with Crippen molar-refractivity contribution in [1.82, 2.24) is 25.0 Å². The number of thioether (sulfide) groups is 1. The fourth-order valence-electron chi connectivity index (χ4n) is 3.50. The molecule has 1 aromatic carbocycles. The van der Waals surface area contributed by atoms with E-state index in [1.807, 2.05) is 45.0 Å². The highest BCUT2D eigenvalue weighted by molar-refractivity contribution is 8.02. The average molecular weight is 444 g/mol. The van der Waals surface area contributed by atoms with E-state index in [2.05, 4.69) is 25.6 Å². The highest BCUT2D eigenvalue weighted by Crippen LogP contribution is 2.34. The Hall–Kier alpha value is -2.80. The minimum Gasteiger partial charge on any atom is -0.348 e. The Morgan fingerprint density at radius 2 is 1.90 bits per heavy atom. The zero-order valence-electron chi connectivity index (χ0n) is 17.6. The van der Waals surface area contributed by atoms with E-state index in [4.69, 9.17) is 5.26 Å². The van der Waals surface area contributed by atoms with Gasteiger partial charge in [0.1, 0.15) is 11.2 Å². The molecular weight excluding hydrogens is 420 g/mol. The summed E-state index contributed by atoms with van der Waals surface area (Å²) >= 11 is 1.17. The second-order valence-electron chi connectivity index (χ2n) is 8.70. The first-order valence-corrected chi connectivity index (χ1v) is 11.0. The number of rotatable bonds is 5. The number of hydrogen-bond donors (Lipinski definition) is 0. The van der Waals surface area contributed by atoms with E-state index in [1.54, 1.807) is 4.90 Å². The molecule has 0 N–H and O–H groups in total. The number of fused-ring (bicyclic) bond motifs is 1. The summed E-state index contributed by atoms with van der Waals surface area (Å²) in [7, 11) is 0. The highest BCUT2D eigenvalue weighted by atomic mass is 32.2. The molecule has 1 aliphatic rings. The molecule has 1 fully saturated rings. The molecule has 0 atom stereocenters. The number of alkyl halides is 2. The van der Waals surface area contributed by atoms with Crippen molar-refractivity contribution in [2.24, 2.45) is 0 Å². The summed E-state index contributed by atoms with van der Waals surface area (Å²) in [4.78, 5) is 12.3. The van der Waals surface area contributed by atoms with Gasteiger partial charge in [0, 0.05) is 24.1 Å². The molecule has 0 unspecified atom stereocenters. The number of nitriles is 1. The van der Waals surface area contributed by atoms with Gasteiger partial charge in [-0.05, 0) is 22.9 Å². The van der Waals surface area contributed by atoms with Gasteiger partial charge in [-0.1, -0.05) is 45.0 Å². The Bertz CT molecular complexity index is 1150. The van der Waals surface area contributed by atoms with Gasteiger partial charge in [-0.25, -0.2) is 18.7 Å². The van der Waals surface area contributed by atoms with E-state index < -0.39 is 5.92 Å². The summed E-state index contributed by atoms with van der Waals surface area (Å²) in [6.45, 7) is 6.14. The third-order valence-corrected chi connectivity index (χ3v) is 5.72. The van der Waals surface area contributed by atoms with Gasteiger partial charge in [0.05, 0.1) is 13.1 Å². The number of aromatic nitrogens is 5. The minimum absolute atomic E-state index is 0.207. The van der Waals surface area contributed by atoms with E-state index in [-0.39, 0.29) is 24.9 Å². The first-order valence-electron chi connectivity index (χ1n) is 10.00. The summed E-state index contributed by atoms with van der Waals surface area (Å²) < 4.78 is 27.8. The zero-order valence-corrected chi connectivity index (χ0v) is 18.5. The molecule has 0 bridgehead atoms. The van der Waals surface area contributed by atoms with Gasteiger partial charge in [0.25, 0.3) is 5.92 Å². The zero-order chi connectivity index (χ0) is 22.2. The van der Waals surface area contributed by atoms with Gasteiger partial charge in [0.2, 0.25) is 5.65 Å². The molecule has 2 aromatic heterocycles. The third-order valence-electron chi connectivity index (χ3n) is 5.14. The van der Waals surface area contributed by atoms with Gasteiger partial charge < -0.3 is 4.90 Å². The van der Waals surface area contributed by atoms with Crippen molar-refractivity contribution in [2.75, 3.05) is 18.0 Å². The van der Waals surface area contributed by atoms with Gasteiger partial charge in [0.15, 0.2) is 11.3 Å². The van der Waals surface area contributed by atoms with Crippen molar-refractivity contribution in [3.8, 4) is 5.40 Å². The maximum atomic E-state index is 13.9. The third kappa shape index (κ3) is 4.61. The second-order valence-corrected chi connectivity index (χ2v) is 9.46. The smallest absolute Gasteiger partial charge is 0.266 e. The number of anilines is 1. The predicted octanol–water partition coefficient (Wildman–Crippen LogP) is 4.13. The summed E-state index contributed by atoms with van der Waals surface area (Å²) in [5, 5.41) is 20.1. The highest BCUT2D eigenvalue weighted by Gasteiger charge is 2.40. The quantitative estimate of drug-likeness (QED) is 0.548. The van der Waals surface area contributed by atoms with Gasteiger partial charge in [-0.3, -0.25) is 0 Å². The Kier molecular flexibility index (Phi) is 5.56. The van der Waals surface area contributed by atoms with Crippen LogP contribution in [0.1, 0.15) is 44.1 Å². The van der Waals surface area contributed by atoms with Crippen molar-refractivity contribution in [3.05, 3.63) is 41.2 Å². The lowest BCUT2D eigenvalue weighted by Gasteiger charge is -2.21. The van der Waals surface area contributed by atoms with Crippen molar-refractivity contribution in [2.45, 2.75) is 50.8 Å². The molecule has 0 saturated carbocycles. The van der Waals surface area contributed by atoms with Crippen LogP contribution in [0.15, 0.2) is 24.3 Å². The summed E-state index contributed by atoms with van der Waals surface area (Å²) in [6, 6.07) is 7.79. The molecule has 31 heavy (non-hydrogen) atoms. The number of nitrogens with zero attached hydrogens (tertiary/aromatic N) is 7.